The number of benzene rings is 3. The highest BCUT2D eigenvalue weighted by molar-refractivity contribution is 9.10. The SMILES string of the molecule is CCC(C)NC(=O)C(Cc1ccccc1)N(Cc1ccc(Br)cc1)C(=O)CSCc1ccc(Cl)cc1. The predicted molar refractivity (Wildman–Crippen MR) is 154 cm³/mol. The lowest BCUT2D eigenvalue weighted by Crippen LogP contribution is -2.52. The molecule has 2 unspecified atom stereocenters. The van der Waals surface area contributed by atoms with Gasteiger partial charge < -0.3 is 10.2 Å². The first-order chi connectivity index (χ1) is 17.4. The van der Waals surface area contributed by atoms with Gasteiger partial charge in [0.15, 0.2) is 0 Å². The first kappa shape index (κ1) is 28.3. The number of rotatable bonds is 12. The third-order valence-electron chi connectivity index (χ3n) is 5.95. The van der Waals surface area contributed by atoms with Crippen LogP contribution in [0.4, 0.5) is 0 Å². The topological polar surface area (TPSA) is 49.4 Å². The number of carbonyl (C=O) groups is 2. The van der Waals surface area contributed by atoms with Gasteiger partial charge in [0.25, 0.3) is 0 Å². The summed E-state index contributed by atoms with van der Waals surface area (Å²) in [6.45, 7) is 4.38. The minimum atomic E-state index is -0.617. The van der Waals surface area contributed by atoms with E-state index in [1.54, 1.807) is 16.7 Å². The molecule has 0 aliphatic rings. The number of carbonyl (C=O) groups excluding carboxylic acids is 2. The zero-order valence-corrected chi connectivity index (χ0v) is 23.8. The molecular formula is C29H32BrClN2O2S. The Morgan fingerprint density at radius 1 is 0.944 bits per heavy atom. The third kappa shape index (κ3) is 8.99. The van der Waals surface area contributed by atoms with Crippen LogP contribution in [0.3, 0.4) is 0 Å². The summed E-state index contributed by atoms with van der Waals surface area (Å²) in [5.41, 5.74) is 3.10. The number of nitrogens with zero attached hydrogens (tertiary/aromatic N) is 1. The fourth-order valence-electron chi connectivity index (χ4n) is 3.70. The normalized spacial score (nSPS) is 12.6. The third-order valence-corrected chi connectivity index (χ3v) is 7.71. The van der Waals surface area contributed by atoms with Crippen LogP contribution in [0, 0.1) is 0 Å². The van der Waals surface area contributed by atoms with Crippen molar-refractivity contribution in [3.63, 3.8) is 0 Å². The van der Waals surface area contributed by atoms with Gasteiger partial charge in [0.05, 0.1) is 5.75 Å². The molecule has 2 atom stereocenters. The van der Waals surface area contributed by atoms with Crippen LogP contribution in [-0.4, -0.2) is 34.6 Å². The maximum absolute atomic E-state index is 13.6. The molecule has 36 heavy (non-hydrogen) atoms. The summed E-state index contributed by atoms with van der Waals surface area (Å²) in [6, 6.07) is 24.8. The molecule has 1 N–H and O–H groups in total. The summed E-state index contributed by atoms with van der Waals surface area (Å²) in [4.78, 5) is 28.9. The Morgan fingerprint density at radius 2 is 1.58 bits per heavy atom. The van der Waals surface area contributed by atoms with Gasteiger partial charge in [-0.25, -0.2) is 0 Å². The second-order valence-corrected chi connectivity index (χ2v) is 11.1. The summed E-state index contributed by atoms with van der Waals surface area (Å²) in [6.07, 6.45) is 1.27. The van der Waals surface area contributed by atoms with Gasteiger partial charge in [0.2, 0.25) is 11.8 Å². The average molecular weight is 588 g/mol. The van der Waals surface area contributed by atoms with E-state index >= 15 is 0 Å². The highest BCUT2D eigenvalue weighted by Gasteiger charge is 2.30. The van der Waals surface area contributed by atoms with E-state index in [9.17, 15) is 9.59 Å². The van der Waals surface area contributed by atoms with Crippen molar-refractivity contribution in [3.05, 3.63) is 105 Å². The molecular weight excluding hydrogens is 556 g/mol. The number of halogens is 2. The molecule has 0 saturated carbocycles. The molecule has 0 aromatic heterocycles. The number of nitrogens with one attached hydrogen (secondary N) is 1. The summed E-state index contributed by atoms with van der Waals surface area (Å²) in [7, 11) is 0. The minimum Gasteiger partial charge on any atom is -0.352 e. The molecule has 0 bridgehead atoms. The summed E-state index contributed by atoms with van der Waals surface area (Å²) >= 11 is 11.0. The second-order valence-electron chi connectivity index (χ2n) is 8.79. The van der Waals surface area contributed by atoms with Crippen molar-refractivity contribution < 1.29 is 9.59 Å². The highest BCUT2D eigenvalue weighted by Crippen LogP contribution is 2.20. The zero-order chi connectivity index (χ0) is 25.9. The fraction of sp³-hybridized carbons (Fsp3) is 0.310. The van der Waals surface area contributed by atoms with Gasteiger partial charge in [-0.1, -0.05) is 89.1 Å². The van der Waals surface area contributed by atoms with E-state index in [0.717, 1.165) is 27.6 Å². The summed E-state index contributed by atoms with van der Waals surface area (Å²) < 4.78 is 0.970. The maximum Gasteiger partial charge on any atom is 0.243 e. The van der Waals surface area contributed by atoms with Crippen LogP contribution in [0.25, 0.3) is 0 Å². The van der Waals surface area contributed by atoms with E-state index in [1.807, 2.05) is 92.7 Å². The molecule has 3 aromatic carbocycles. The molecule has 3 aromatic rings. The van der Waals surface area contributed by atoms with E-state index in [2.05, 4.69) is 21.2 Å². The number of hydrogen-bond donors (Lipinski definition) is 1. The van der Waals surface area contributed by atoms with Crippen LogP contribution >= 0.6 is 39.3 Å². The Morgan fingerprint density at radius 3 is 2.22 bits per heavy atom. The van der Waals surface area contributed by atoms with E-state index in [-0.39, 0.29) is 23.6 Å². The van der Waals surface area contributed by atoms with Crippen molar-refractivity contribution in [1.82, 2.24) is 10.2 Å². The Kier molecular flexibility index (Phi) is 11.4. The first-order valence-electron chi connectivity index (χ1n) is 12.1. The molecule has 0 radical (unpaired) electrons. The van der Waals surface area contributed by atoms with E-state index in [0.29, 0.717) is 23.7 Å². The lowest BCUT2D eigenvalue weighted by Gasteiger charge is -2.32. The molecule has 4 nitrogen and oxygen atoms in total. The van der Waals surface area contributed by atoms with Gasteiger partial charge in [0.1, 0.15) is 6.04 Å². The largest absolute Gasteiger partial charge is 0.352 e. The molecule has 0 spiro atoms. The lowest BCUT2D eigenvalue weighted by molar-refractivity contribution is -0.139. The molecule has 3 rings (SSSR count). The average Bonchev–Trinajstić information content (AvgIpc) is 2.88. The van der Waals surface area contributed by atoms with Crippen LogP contribution in [-0.2, 0) is 28.3 Å². The number of thioether (sulfide) groups is 1. The van der Waals surface area contributed by atoms with E-state index in [1.165, 1.54) is 0 Å². The van der Waals surface area contributed by atoms with Gasteiger partial charge in [-0.2, -0.15) is 0 Å². The van der Waals surface area contributed by atoms with Crippen molar-refractivity contribution in [1.29, 1.82) is 0 Å². The Balaban J connectivity index is 1.84. The second kappa shape index (κ2) is 14.5. The summed E-state index contributed by atoms with van der Waals surface area (Å²) in [5.74, 6) is 0.789. The molecule has 0 aliphatic heterocycles. The van der Waals surface area contributed by atoms with Crippen LogP contribution in [0.1, 0.15) is 37.0 Å². The maximum atomic E-state index is 13.6. The van der Waals surface area contributed by atoms with Crippen molar-refractivity contribution in [2.45, 2.75) is 51.1 Å². The van der Waals surface area contributed by atoms with Crippen molar-refractivity contribution >= 4 is 51.1 Å². The van der Waals surface area contributed by atoms with Crippen molar-refractivity contribution in [2.24, 2.45) is 0 Å². The lowest BCUT2D eigenvalue weighted by atomic mass is 10.0. The highest BCUT2D eigenvalue weighted by atomic mass is 79.9. The predicted octanol–water partition coefficient (Wildman–Crippen LogP) is 6.89. The van der Waals surface area contributed by atoms with Gasteiger partial charge in [-0.3, -0.25) is 9.59 Å². The van der Waals surface area contributed by atoms with Gasteiger partial charge in [0, 0.05) is 34.3 Å². The van der Waals surface area contributed by atoms with Gasteiger partial charge in [-0.05, 0) is 54.3 Å². The Labute approximate surface area is 231 Å². The molecule has 0 heterocycles. The molecule has 190 valence electrons. The van der Waals surface area contributed by atoms with Crippen LogP contribution < -0.4 is 5.32 Å². The van der Waals surface area contributed by atoms with E-state index < -0.39 is 6.04 Å². The number of amides is 2. The Hall–Kier alpha value is -2.28. The number of hydrogen-bond acceptors (Lipinski definition) is 3. The smallest absolute Gasteiger partial charge is 0.243 e. The minimum absolute atomic E-state index is 0.0275. The molecule has 0 aliphatic carbocycles. The standard InChI is InChI=1S/C29H32BrClN2O2S/c1-3-21(2)32-29(35)27(17-22-7-5-4-6-8-22)33(18-23-9-13-25(30)14-10-23)28(34)20-36-19-24-11-15-26(31)16-12-24/h4-16,21,27H,3,17-20H2,1-2H3,(H,32,35). The van der Waals surface area contributed by atoms with Crippen molar-refractivity contribution in [2.75, 3.05) is 5.75 Å². The molecule has 0 fully saturated rings. The molecule has 2 amide bonds. The Bertz CT molecular complexity index is 1110. The van der Waals surface area contributed by atoms with Crippen LogP contribution in [0.5, 0.6) is 0 Å². The molecule has 7 heteroatoms. The van der Waals surface area contributed by atoms with Gasteiger partial charge in [-0.15, -0.1) is 11.8 Å². The fourth-order valence-corrected chi connectivity index (χ4v) is 4.96. The summed E-state index contributed by atoms with van der Waals surface area (Å²) in [5, 5.41) is 3.80. The van der Waals surface area contributed by atoms with Gasteiger partial charge >= 0.3 is 0 Å². The zero-order valence-electron chi connectivity index (χ0n) is 20.6. The first-order valence-corrected chi connectivity index (χ1v) is 14.4. The molecule has 0 saturated heterocycles. The monoisotopic (exact) mass is 586 g/mol. The van der Waals surface area contributed by atoms with Crippen molar-refractivity contribution in [3.8, 4) is 0 Å². The van der Waals surface area contributed by atoms with Crippen LogP contribution in [0.2, 0.25) is 5.02 Å². The van der Waals surface area contributed by atoms with E-state index in [4.69, 9.17) is 11.6 Å². The quantitative estimate of drug-likeness (QED) is 0.251. The van der Waals surface area contributed by atoms with Crippen LogP contribution in [0.15, 0.2) is 83.3 Å².